The van der Waals surface area contributed by atoms with Crippen molar-refractivity contribution in [2.45, 2.75) is 13.8 Å². The second-order valence-electron chi connectivity index (χ2n) is 5.49. The van der Waals surface area contributed by atoms with E-state index in [0.717, 1.165) is 22.0 Å². The summed E-state index contributed by atoms with van der Waals surface area (Å²) in [6.45, 7) is 3.73. The molecule has 0 saturated carbocycles. The number of hydrogen-bond donors (Lipinski definition) is 1. The highest BCUT2D eigenvalue weighted by Gasteiger charge is 2.20. The quantitative estimate of drug-likeness (QED) is 0.557. The van der Waals surface area contributed by atoms with E-state index in [9.17, 15) is 0 Å². The van der Waals surface area contributed by atoms with E-state index in [0.29, 0.717) is 21.7 Å². The van der Waals surface area contributed by atoms with Gasteiger partial charge in [0.2, 0.25) is 0 Å². The zero-order valence-corrected chi connectivity index (χ0v) is 13.2. The van der Waals surface area contributed by atoms with Crippen molar-refractivity contribution >= 4 is 33.4 Å². The minimum Gasteiger partial charge on any atom is -0.278 e. The Labute approximate surface area is 136 Å². The monoisotopic (exact) mass is 326 g/mol. The Bertz CT molecular complexity index is 1070. The van der Waals surface area contributed by atoms with E-state index < -0.39 is 5.82 Å². The summed E-state index contributed by atoms with van der Waals surface area (Å²) in [6, 6.07) is 5.56. The molecule has 4 rings (SSSR count). The van der Waals surface area contributed by atoms with Gasteiger partial charge in [0.1, 0.15) is 11.8 Å². The minimum absolute atomic E-state index is 0.275. The van der Waals surface area contributed by atoms with Crippen molar-refractivity contribution < 1.29 is 4.39 Å². The Hall–Kier alpha value is -2.53. The fourth-order valence-corrected chi connectivity index (χ4v) is 3.23. The van der Waals surface area contributed by atoms with Crippen LogP contribution in [0.5, 0.6) is 0 Å². The first-order chi connectivity index (χ1) is 11.1. The molecule has 0 spiro atoms. The van der Waals surface area contributed by atoms with Crippen LogP contribution in [0.25, 0.3) is 32.9 Å². The van der Waals surface area contributed by atoms with Gasteiger partial charge in [0.25, 0.3) is 0 Å². The molecule has 0 amide bonds. The van der Waals surface area contributed by atoms with Crippen molar-refractivity contribution in [3.05, 3.63) is 52.8 Å². The molecule has 0 unspecified atom stereocenters. The number of nitrogens with zero attached hydrogens (tertiary/aromatic N) is 3. The zero-order valence-electron chi connectivity index (χ0n) is 12.5. The van der Waals surface area contributed by atoms with Crippen molar-refractivity contribution in [2.75, 3.05) is 0 Å². The van der Waals surface area contributed by atoms with Crippen molar-refractivity contribution in [3.8, 4) is 11.1 Å². The highest BCUT2D eigenvalue weighted by molar-refractivity contribution is 6.34. The van der Waals surface area contributed by atoms with Crippen LogP contribution >= 0.6 is 11.6 Å². The van der Waals surface area contributed by atoms with Crippen LogP contribution in [0.15, 0.2) is 30.7 Å². The van der Waals surface area contributed by atoms with Gasteiger partial charge in [-0.1, -0.05) is 17.7 Å². The number of halogens is 2. The van der Waals surface area contributed by atoms with Gasteiger partial charge in [-0.25, -0.2) is 14.4 Å². The number of aromatic amines is 1. The van der Waals surface area contributed by atoms with Gasteiger partial charge in [-0.15, -0.1) is 0 Å². The second kappa shape index (κ2) is 4.99. The number of H-pyrrole nitrogens is 1. The Morgan fingerprint density at radius 1 is 1.09 bits per heavy atom. The average Bonchev–Trinajstić information content (AvgIpc) is 2.99. The van der Waals surface area contributed by atoms with E-state index in [-0.39, 0.29) is 5.52 Å². The molecule has 0 saturated heterocycles. The van der Waals surface area contributed by atoms with Crippen LogP contribution in [0.3, 0.4) is 0 Å². The largest absolute Gasteiger partial charge is 0.278 e. The Morgan fingerprint density at radius 2 is 1.91 bits per heavy atom. The first-order valence-corrected chi connectivity index (χ1v) is 7.48. The summed E-state index contributed by atoms with van der Waals surface area (Å²) >= 11 is 6.43. The maximum absolute atomic E-state index is 15.2. The number of aryl methyl sites for hydroxylation is 2. The molecule has 6 heteroatoms. The summed E-state index contributed by atoms with van der Waals surface area (Å²) in [7, 11) is 0. The van der Waals surface area contributed by atoms with E-state index >= 15 is 4.39 Å². The minimum atomic E-state index is -0.435. The molecule has 114 valence electrons. The molecule has 2 aromatic carbocycles. The average molecular weight is 327 g/mol. The van der Waals surface area contributed by atoms with Crippen LogP contribution < -0.4 is 0 Å². The predicted molar refractivity (Wildman–Crippen MR) is 89.1 cm³/mol. The lowest BCUT2D eigenvalue weighted by atomic mass is 9.95. The van der Waals surface area contributed by atoms with Gasteiger partial charge in [0, 0.05) is 27.6 Å². The molecule has 0 aliphatic carbocycles. The molecule has 4 nitrogen and oxygen atoms in total. The van der Waals surface area contributed by atoms with Gasteiger partial charge in [-0.05, 0) is 31.5 Å². The summed E-state index contributed by atoms with van der Waals surface area (Å²) < 4.78 is 15.2. The number of nitrogens with one attached hydrogen (secondary N) is 1. The third-order valence-corrected chi connectivity index (χ3v) is 4.40. The van der Waals surface area contributed by atoms with Crippen LogP contribution in [0.2, 0.25) is 5.02 Å². The summed E-state index contributed by atoms with van der Waals surface area (Å²) in [5, 5.41) is 8.74. The number of hydrogen-bond acceptors (Lipinski definition) is 3. The summed E-state index contributed by atoms with van der Waals surface area (Å²) in [5.41, 5.74) is 3.81. The molecule has 23 heavy (non-hydrogen) atoms. The van der Waals surface area contributed by atoms with E-state index in [4.69, 9.17) is 11.6 Å². The molecule has 0 bridgehead atoms. The highest BCUT2D eigenvalue weighted by Crippen LogP contribution is 2.40. The van der Waals surface area contributed by atoms with Crippen molar-refractivity contribution in [1.82, 2.24) is 20.2 Å². The molecule has 0 atom stereocenters. The van der Waals surface area contributed by atoms with Crippen molar-refractivity contribution in [2.24, 2.45) is 0 Å². The molecular formula is C17H12ClFN4. The molecule has 0 fully saturated rings. The Morgan fingerprint density at radius 3 is 2.74 bits per heavy atom. The standard InChI is InChI=1S/C17H12ClFN4/c1-8-3-4-13-11(6-22-23-13)14(8)15-12(18)5-10-9(2)20-7-21-17(10)16(15)19/h3-7H,1-2H3,(H,22,23). The summed E-state index contributed by atoms with van der Waals surface area (Å²) in [5.74, 6) is -0.435. The molecule has 0 aliphatic heterocycles. The fraction of sp³-hybridized carbons (Fsp3) is 0.118. The van der Waals surface area contributed by atoms with E-state index in [1.54, 1.807) is 12.3 Å². The normalized spacial score (nSPS) is 11.5. The summed E-state index contributed by atoms with van der Waals surface area (Å²) in [6.07, 6.45) is 3.05. The predicted octanol–water partition coefficient (Wildman–Crippen LogP) is 4.58. The fourth-order valence-electron chi connectivity index (χ4n) is 2.94. The number of benzene rings is 2. The lowest BCUT2D eigenvalue weighted by Crippen LogP contribution is -1.96. The van der Waals surface area contributed by atoms with Crippen LogP contribution in [0.4, 0.5) is 4.39 Å². The molecule has 1 N–H and O–H groups in total. The SMILES string of the molecule is Cc1ccc2[nH]ncc2c1-c1c(Cl)cc2c(C)ncnc2c1F. The van der Waals surface area contributed by atoms with Gasteiger partial charge >= 0.3 is 0 Å². The van der Waals surface area contributed by atoms with Crippen LogP contribution in [-0.2, 0) is 0 Å². The number of rotatable bonds is 1. The van der Waals surface area contributed by atoms with Crippen molar-refractivity contribution in [3.63, 3.8) is 0 Å². The first kappa shape index (κ1) is 14.1. The summed E-state index contributed by atoms with van der Waals surface area (Å²) in [4.78, 5) is 8.20. The van der Waals surface area contributed by atoms with Gasteiger partial charge in [0.05, 0.1) is 16.7 Å². The Balaban J connectivity index is 2.17. The topological polar surface area (TPSA) is 54.5 Å². The molecule has 2 aromatic heterocycles. The van der Waals surface area contributed by atoms with Gasteiger partial charge in [-0.3, -0.25) is 5.10 Å². The molecule has 0 radical (unpaired) electrons. The van der Waals surface area contributed by atoms with Crippen LogP contribution in [0.1, 0.15) is 11.3 Å². The molecule has 4 aromatic rings. The molecule has 0 aliphatic rings. The number of fused-ring (bicyclic) bond motifs is 2. The van der Waals surface area contributed by atoms with Crippen LogP contribution in [-0.4, -0.2) is 20.2 Å². The van der Waals surface area contributed by atoms with Crippen molar-refractivity contribution in [1.29, 1.82) is 0 Å². The van der Waals surface area contributed by atoms with E-state index in [1.807, 2.05) is 26.0 Å². The van der Waals surface area contributed by atoms with Crippen LogP contribution in [0, 0.1) is 19.7 Å². The third kappa shape index (κ3) is 2.00. The molecule has 2 heterocycles. The lowest BCUT2D eigenvalue weighted by Gasteiger charge is -2.13. The smallest absolute Gasteiger partial charge is 0.158 e. The third-order valence-electron chi connectivity index (χ3n) is 4.10. The van der Waals surface area contributed by atoms with E-state index in [1.165, 1.54) is 6.33 Å². The highest BCUT2D eigenvalue weighted by atomic mass is 35.5. The Kier molecular flexibility index (Phi) is 3.06. The number of aromatic nitrogens is 4. The maximum Gasteiger partial charge on any atom is 0.158 e. The molecular weight excluding hydrogens is 315 g/mol. The van der Waals surface area contributed by atoms with Gasteiger partial charge in [0.15, 0.2) is 5.82 Å². The van der Waals surface area contributed by atoms with Gasteiger partial charge in [-0.2, -0.15) is 5.10 Å². The lowest BCUT2D eigenvalue weighted by molar-refractivity contribution is 0.640. The zero-order chi connectivity index (χ0) is 16.1. The second-order valence-corrected chi connectivity index (χ2v) is 5.90. The maximum atomic E-state index is 15.2. The van der Waals surface area contributed by atoms with E-state index in [2.05, 4.69) is 20.2 Å². The first-order valence-electron chi connectivity index (χ1n) is 7.10. The van der Waals surface area contributed by atoms with Gasteiger partial charge < -0.3 is 0 Å².